The Bertz CT molecular complexity index is 564. The number of ether oxygens (including phenoxy) is 3. The minimum Gasteiger partial charge on any atom is -0.499 e. The van der Waals surface area contributed by atoms with Gasteiger partial charge in [0.15, 0.2) is 0 Å². The molecule has 1 N–H and O–H groups in total. The van der Waals surface area contributed by atoms with Gasteiger partial charge in [0.05, 0.1) is 25.0 Å². The number of amides is 1. The monoisotopic (exact) mass is 363 g/mol. The summed E-state index contributed by atoms with van der Waals surface area (Å²) in [5, 5.41) is 2.90. The summed E-state index contributed by atoms with van der Waals surface area (Å²) in [5.41, 5.74) is 1.94. The number of alkyl carbamates (subject to hydrolysis) is 1. The number of hydrogen-bond donors (Lipinski definition) is 1. The maximum atomic E-state index is 12.0. The van der Waals surface area contributed by atoms with Crippen molar-refractivity contribution in [2.75, 3.05) is 26.4 Å². The van der Waals surface area contributed by atoms with Crippen LogP contribution >= 0.6 is 0 Å². The van der Waals surface area contributed by atoms with Crippen LogP contribution in [0.1, 0.15) is 52.2 Å². The highest BCUT2D eigenvalue weighted by molar-refractivity contribution is 5.68. The van der Waals surface area contributed by atoms with E-state index in [4.69, 9.17) is 14.2 Å². The van der Waals surface area contributed by atoms with Crippen LogP contribution in [0, 0.1) is 0 Å². The van der Waals surface area contributed by atoms with E-state index in [1.54, 1.807) is 0 Å². The van der Waals surface area contributed by atoms with Gasteiger partial charge in [0.2, 0.25) is 0 Å². The van der Waals surface area contributed by atoms with Crippen LogP contribution in [0.4, 0.5) is 4.79 Å². The minimum absolute atomic E-state index is 0.145. The second-order valence-corrected chi connectivity index (χ2v) is 7.35. The first-order valence-corrected chi connectivity index (χ1v) is 9.09. The van der Waals surface area contributed by atoms with Gasteiger partial charge in [-0.25, -0.2) is 4.79 Å². The first-order chi connectivity index (χ1) is 12.2. The van der Waals surface area contributed by atoms with E-state index >= 15 is 0 Å². The Balaban J connectivity index is 2.47. The van der Waals surface area contributed by atoms with Crippen molar-refractivity contribution in [2.45, 2.75) is 52.0 Å². The lowest BCUT2D eigenvalue weighted by Crippen LogP contribution is -2.41. The zero-order valence-corrected chi connectivity index (χ0v) is 16.8. The number of rotatable bonds is 11. The molecule has 1 amide bonds. The lowest BCUT2D eigenvalue weighted by Gasteiger charge is -2.28. The molecule has 5 nitrogen and oxygen atoms in total. The van der Waals surface area contributed by atoms with Gasteiger partial charge in [-0.15, -0.1) is 0 Å². The molecule has 26 heavy (non-hydrogen) atoms. The molecule has 146 valence electrons. The molecule has 0 heterocycles. The molecule has 0 aliphatic carbocycles. The summed E-state index contributed by atoms with van der Waals surface area (Å²) in [7, 11) is 0. The van der Waals surface area contributed by atoms with Crippen molar-refractivity contribution >= 4 is 6.09 Å². The normalized spacial score (nSPS) is 11.7. The van der Waals surface area contributed by atoms with E-state index in [1.165, 1.54) is 11.8 Å². The second-order valence-electron chi connectivity index (χ2n) is 7.35. The standard InChI is InChI=1S/C21H33NO4/c1-7-20(3,4)17-9-11-18(12-10-17)21(5,6)22-19(23)26-16-15-25-14-13-24-8-2/h8-12H,2,7,13-16H2,1,3-6H3,(H,22,23). The van der Waals surface area contributed by atoms with Crippen molar-refractivity contribution in [3.63, 3.8) is 0 Å². The molecule has 0 aliphatic rings. The highest BCUT2D eigenvalue weighted by atomic mass is 16.6. The SMILES string of the molecule is C=COCCOCCOC(=O)NC(C)(C)c1ccc(C(C)(C)CC)cc1. The second kappa shape index (κ2) is 10.2. The van der Waals surface area contributed by atoms with E-state index in [1.807, 2.05) is 13.8 Å². The summed E-state index contributed by atoms with van der Waals surface area (Å²) in [5.74, 6) is 0. The predicted molar refractivity (Wildman–Crippen MR) is 104 cm³/mol. The van der Waals surface area contributed by atoms with Crippen LogP contribution in [0.5, 0.6) is 0 Å². The topological polar surface area (TPSA) is 56.8 Å². The molecule has 5 heteroatoms. The van der Waals surface area contributed by atoms with Gasteiger partial charge in [-0.05, 0) is 36.8 Å². The molecule has 0 atom stereocenters. The Kier molecular flexibility index (Phi) is 8.66. The van der Waals surface area contributed by atoms with Gasteiger partial charge < -0.3 is 19.5 Å². The molecule has 1 aromatic carbocycles. The molecular formula is C21H33NO4. The Morgan fingerprint density at radius 3 is 2.19 bits per heavy atom. The molecule has 0 aliphatic heterocycles. The number of carbonyl (C=O) groups excluding carboxylic acids is 1. The van der Waals surface area contributed by atoms with Crippen LogP contribution in [0.15, 0.2) is 37.1 Å². The molecule has 0 saturated heterocycles. The van der Waals surface area contributed by atoms with Crippen molar-refractivity contribution in [3.05, 3.63) is 48.2 Å². The summed E-state index contributed by atoms with van der Waals surface area (Å²) in [6, 6.07) is 8.39. The van der Waals surface area contributed by atoms with Crippen LogP contribution < -0.4 is 5.32 Å². The largest absolute Gasteiger partial charge is 0.499 e. The fourth-order valence-corrected chi connectivity index (χ4v) is 2.39. The Morgan fingerprint density at radius 1 is 1.04 bits per heavy atom. The zero-order chi connectivity index (χ0) is 19.6. The number of hydrogen-bond acceptors (Lipinski definition) is 4. The fraction of sp³-hybridized carbons (Fsp3) is 0.571. The summed E-state index contributed by atoms with van der Waals surface area (Å²) < 4.78 is 15.4. The van der Waals surface area contributed by atoms with E-state index < -0.39 is 11.6 Å². The van der Waals surface area contributed by atoms with Gasteiger partial charge in [-0.2, -0.15) is 0 Å². The Hall–Kier alpha value is -2.01. The molecule has 0 saturated carbocycles. The average molecular weight is 363 g/mol. The van der Waals surface area contributed by atoms with Crippen LogP contribution in [0.3, 0.4) is 0 Å². The van der Waals surface area contributed by atoms with E-state index in [2.05, 4.69) is 56.9 Å². The summed E-state index contributed by atoms with van der Waals surface area (Å²) >= 11 is 0. The summed E-state index contributed by atoms with van der Waals surface area (Å²) in [6.07, 6.45) is 1.98. The molecule has 1 aromatic rings. The predicted octanol–water partition coefficient (Wildman–Crippen LogP) is 4.51. The third kappa shape index (κ3) is 7.08. The first kappa shape index (κ1) is 22.0. The molecule has 0 aromatic heterocycles. The number of benzene rings is 1. The van der Waals surface area contributed by atoms with Gasteiger partial charge in [0, 0.05) is 0 Å². The molecular weight excluding hydrogens is 330 g/mol. The third-order valence-corrected chi connectivity index (χ3v) is 4.61. The van der Waals surface area contributed by atoms with Crippen molar-refractivity contribution in [3.8, 4) is 0 Å². The molecule has 0 bridgehead atoms. The molecule has 0 fully saturated rings. The maximum absolute atomic E-state index is 12.0. The number of carbonyl (C=O) groups is 1. The van der Waals surface area contributed by atoms with Crippen LogP contribution in [-0.4, -0.2) is 32.5 Å². The third-order valence-electron chi connectivity index (χ3n) is 4.61. The highest BCUT2D eigenvalue weighted by Gasteiger charge is 2.25. The smallest absolute Gasteiger partial charge is 0.407 e. The van der Waals surface area contributed by atoms with E-state index in [-0.39, 0.29) is 12.0 Å². The Labute approximate surface area is 157 Å². The van der Waals surface area contributed by atoms with E-state index in [9.17, 15) is 4.79 Å². The average Bonchev–Trinajstić information content (AvgIpc) is 2.60. The van der Waals surface area contributed by atoms with Crippen molar-refractivity contribution in [1.29, 1.82) is 0 Å². The zero-order valence-electron chi connectivity index (χ0n) is 16.8. The molecule has 0 radical (unpaired) electrons. The van der Waals surface area contributed by atoms with Crippen LogP contribution in [0.25, 0.3) is 0 Å². The van der Waals surface area contributed by atoms with Crippen LogP contribution in [-0.2, 0) is 25.2 Å². The van der Waals surface area contributed by atoms with Gasteiger partial charge in [-0.3, -0.25) is 0 Å². The first-order valence-electron chi connectivity index (χ1n) is 9.09. The maximum Gasteiger partial charge on any atom is 0.407 e. The van der Waals surface area contributed by atoms with Gasteiger partial charge >= 0.3 is 6.09 Å². The van der Waals surface area contributed by atoms with E-state index in [0.29, 0.717) is 19.8 Å². The van der Waals surface area contributed by atoms with Crippen molar-refractivity contribution in [2.24, 2.45) is 0 Å². The minimum atomic E-state index is -0.523. The van der Waals surface area contributed by atoms with Crippen LogP contribution in [0.2, 0.25) is 0 Å². The highest BCUT2D eigenvalue weighted by Crippen LogP contribution is 2.29. The summed E-state index contributed by atoms with van der Waals surface area (Å²) in [4.78, 5) is 12.0. The van der Waals surface area contributed by atoms with Crippen molar-refractivity contribution in [1.82, 2.24) is 5.32 Å². The summed E-state index contributed by atoms with van der Waals surface area (Å²) in [6.45, 7) is 15.4. The fourth-order valence-electron chi connectivity index (χ4n) is 2.39. The molecule has 0 unspecified atom stereocenters. The van der Waals surface area contributed by atoms with Gasteiger partial charge in [0.1, 0.15) is 13.2 Å². The molecule has 1 rings (SSSR count). The number of nitrogens with one attached hydrogen (secondary N) is 1. The van der Waals surface area contributed by atoms with Gasteiger partial charge in [-0.1, -0.05) is 51.6 Å². The quantitative estimate of drug-likeness (QED) is 0.464. The molecule has 0 spiro atoms. The van der Waals surface area contributed by atoms with E-state index in [0.717, 1.165) is 12.0 Å². The Morgan fingerprint density at radius 2 is 1.62 bits per heavy atom. The van der Waals surface area contributed by atoms with Crippen molar-refractivity contribution < 1.29 is 19.0 Å². The lowest BCUT2D eigenvalue weighted by atomic mass is 9.81. The van der Waals surface area contributed by atoms with Gasteiger partial charge in [0.25, 0.3) is 0 Å². The lowest BCUT2D eigenvalue weighted by molar-refractivity contribution is 0.0482.